The molecule has 14 heteroatoms. The van der Waals surface area contributed by atoms with E-state index in [2.05, 4.69) is 26.5 Å². The highest BCUT2D eigenvalue weighted by Gasteiger charge is 2.33. The van der Waals surface area contributed by atoms with Gasteiger partial charge in [-0.25, -0.2) is 4.79 Å². The first kappa shape index (κ1) is 30.7. The van der Waals surface area contributed by atoms with E-state index in [9.17, 15) is 27.6 Å². The van der Waals surface area contributed by atoms with Crippen LogP contribution in [0, 0.1) is 0 Å². The van der Waals surface area contributed by atoms with Crippen LogP contribution in [-0.4, -0.2) is 29.9 Å². The number of methoxy groups -OCH3 is 1. The molecule has 0 saturated heterocycles. The molecule has 0 spiro atoms. The third-order valence-electron chi connectivity index (χ3n) is 5.66. The molecule has 0 fully saturated rings. The van der Waals surface area contributed by atoms with Crippen LogP contribution in [0.3, 0.4) is 0 Å². The highest BCUT2D eigenvalue weighted by molar-refractivity contribution is 6.31. The highest BCUT2D eigenvalue weighted by Crippen LogP contribution is 2.36. The Balaban J connectivity index is 1.29. The van der Waals surface area contributed by atoms with Crippen molar-refractivity contribution >= 4 is 40.8 Å². The lowest BCUT2D eigenvalue weighted by Gasteiger charge is -2.13. The van der Waals surface area contributed by atoms with Crippen LogP contribution in [-0.2, 0) is 17.4 Å². The Morgan fingerprint density at radius 2 is 1.56 bits per heavy atom. The normalized spacial score (nSPS) is 10.8. The van der Waals surface area contributed by atoms with E-state index in [1.165, 1.54) is 55.8 Å². The highest BCUT2D eigenvalue weighted by atomic mass is 35.5. The number of hydrogen-bond donors (Lipinski definition) is 4. The van der Waals surface area contributed by atoms with Crippen LogP contribution in [0.25, 0.3) is 0 Å². The first-order valence-corrected chi connectivity index (χ1v) is 12.8. The van der Waals surface area contributed by atoms with Crippen molar-refractivity contribution in [3.63, 3.8) is 0 Å². The minimum Gasteiger partial charge on any atom is -0.497 e. The smallest absolute Gasteiger partial charge is 0.417 e. The molecule has 0 aliphatic rings. The number of aromatic nitrogens is 1. The summed E-state index contributed by atoms with van der Waals surface area (Å²) in [6.45, 7) is 0. The fraction of sp³-hybridized carbons (Fsp3) is 0.103. The van der Waals surface area contributed by atoms with Gasteiger partial charge >= 0.3 is 12.2 Å². The van der Waals surface area contributed by atoms with Gasteiger partial charge in [0.15, 0.2) is 0 Å². The summed E-state index contributed by atoms with van der Waals surface area (Å²) in [5.41, 5.74) is 4.47. The maximum atomic E-state index is 13.1. The summed E-state index contributed by atoms with van der Waals surface area (Å²) in [5, 5.41) is 4.33. The van der Waals surface area contributed by atoms with E-state index < -0.39 is 34.6 Å². The second-order valence-corrected chi connectivity index (χ2v) is 9.21. The molecule has 3 aromatic carbocycles. The molecular formula is C29H23ClF3N5O5. The van der Waals surface area contributed by atoms with Crippen molar-refractivity contribution < 1.29 is 37.0 Å². The van der Waals surface area contributed by atoms with Gasteiger partial charge in [-0.2, -0.15) is 13.2 Å². The lowest BCUT2D eigenvalue weighted by Crippen LogP contribution is -2.42. The zero-order valence-corrected chi connectivity index (χ0v) is 23.0. The predicted octanol–water partition coefficient (Wildman–Crippen LogP) is 6.20. The van der Waals surface area contributed by atoms with E-state index in [1.54, 1.807) is 24.3 Å². The van der Waals surface area contributed by atoms with Gasteiger partial charge in [-0.3, -0.25) is 25.4 Å². The van der Waals surface area contributed by atoms with E-state index in [0.717, 1.165) is 12.1 Å². The number of halogens is 4. The van der Waals surface area contributed by atoms with Crippen LogP contribution in [0.5, 0.6) is 17.2 Å². The molecule has 0 radical (unpaired) electrons. The molecule has 4 N–H and O–H groups in total. The van der Waals surface area contributed by atoms with Gasteiger partial charge in [0, 0.05) is 23.6 Å². The summed E-state index contributed by atoms with van der Waals surface area (Å²) in [7, 11) is 1.52. The zero-order valence-electron chi connectivity index (χ0n) is 22.3. The predicted molar refractivity (Wildman–Crippen MR) is 152 cm³/mol. The van der Waals surface area contributed by atoms with Gasteiger partial charge in [-0.15, -0.1) is 0 Å². The number of carbonyl (C=O) groups is 3. The third-order valence-corrected chi connectivity index (χ3v) is 5.99. The summed E-state index contributed by atoms with van der Waals surface area (Å²) in [6, 6.07) is 18.1. The second kappa shape index (κ2) is 13.6. The molecule has 0 unspecified atom stereocenters. The molecule has 0 bridgehead atoms. The number of benzene rings is 3. The summed E-state index contributed by atoms with van der Waals surface area (Å²) in [4.78, 5) is 41.0. The Labute approximate surface area is 248 Å². The van der Waals surface area contributed by atoms with Gasteiger partial charge in [0.05, 0.1) is 24.1 Å². The lowest BCUT2D eigenvalue weighted by atomic mass is 10.1. The number of carbonyl (C=O) groups excluding carboxylic acids is 3. The summed E-state index contributed by atoms with van der Waals surface area (Å²) < 4.78 is 50.0. The first-order chi connectivity index (χ1) is 20.5. The van der Waals surface area contributed by atoms with Gasteiger partial charge in [0.25, 0.3) is 5.91 Å². The molecule has 0 atom stereocenters. The van der Waals surface area contributed by atoms with Gasteiger partial charge in [0.2, 0.25) is 5.91 Å². The summed E-state index contributed by atoms with van der Waals surface area (Å²) in [6.07, 6.45) is -3.31. The van der Waals surface area contributed by atoms with E-state index in [0.29, 0.717) is 22.7 Å². The largest absolute Gasteiger partial charge is 0.497 e. The molecule has 0 saturated carbocycles. The summed E-state index contributed by atoms with van der Waals surface area (Å²) >= 11 is 5.60. The van der Waals surface area contributed by atoms with Crippen molar-refractivity contribution in [1.29, 1.82) is 0 Å². The minimum atomic E-state index is -4.67. The SMILES string of the molecule is COc1cccc(CC(=O)NNC(=O)c2cc(Oc3ccc(NC(=O)Nc4ccc(Cl)c(C(F)(F)F)c4)cc3)ccn2)c1. The molecule has 4 amide bonds. The van der Waals surface area contributed by atoms with Gasteiger partial charge < -0.3 is 20.1 Å². The number of amides is 4. The second-order valence-electron chi connectivity index (χ2n) is 8.81. The van der Waals surface area contributed by atoms with Gasteiger partial charge in [-0.1, -0.05) is 23.7 Å². The Hall–Kier alpha value is -5.30. The van der Waals surface area contributed by atoms with Crippen LogP contribution in [0.2, 0.25) is 5.02 Å². The topological polar surface area (TPSA) is 131 Å². The number of nitrogens with zero attached hydrogens (tertiary/aromatic N) is 1. The minimum absolute atomic E-state index is 0.0146. The van der Waals surface area contributed by atoms with Crippen molar-refractivity contribution in [3.8, 4) is 17.2 Å². The van der Waals surface area contributed by atoms with Crippen molar-refractivity contribution in [2.24, 2.45) is 0 Å². The number of ether oxygens (including phenoxy) is 2. The fourth-order valence-corrected chi connectivity index (χ4v) is 3.88. The molecule has 0 aliphatic carbocycles. The van der Waals surface area contributed by atoms with Crippen molar-refractivity contribution in [2.75, 3.05) is 17.7 Å². The average Bonchev–Trinajstić information content (AvgIpc) is 2.97. The molecule has 4 rings (SSSR count). The van der Waals surface area contributed by atoms with Crippen molar-refractivity contribution in [1.82, 2.24) is 15.8 Å². The van der Waals surface area contributed by atoms with E-state index in [4.69, 9.17) is 21.1 Å². The lowest BCUT2D eigenvalue weighted by molar-refractivity contribution is -0.137. The zero-order chi connectivity index (χ0) is 31.0. The van der Waals surface area contributed by atoms with Crippen molar-refractivity contribution in [3.05, 3.63) is 107 Å². The average molecular weight is 614 g/mol. The molecular weight excluding hydrogens is 591 g/mol. The number of pyridine rings is 1. The number of nitrogens with one attached hydrogen (secondary N) is 4. The standard InChI is InChI=1S/C29H23ClF3N5O5/c1-42-21-4-2-3-17(13-21)14-26(39)37-38-27(40)25-16-22(11-12-34-25)43-20-8-5-18(6-9-20)35-28(41)36-19-7-10-24(30)23(15-19)29(31,32)33/h2-13,15-16H,14H2,1H3,(H,37,39)(H,38,40)(H2,35,36,41). The van der Waals surface area contributed by atoms with Crippen LogP contribution >= 0.6 is 11.6 Å². The van der Waals surface area contributed by atoms with E-state index in [-0.39, 0.29) is 23.6 Å². The molecule has 4 aromatic rings. The molecule has 1 heterocycles. The number of hydrazine groups is 1. The maximum Gasteiger partial charge on any atom is 0.417 e. The molecule has 1 aromatic heterocycles. The molecule has 43 heavy (non-hydrogen) atoms. The Kier molecular flexibility index (Phi) is 9.68. The molecule has 10 nitrogen and oxygen atoms in total. The number of hydrogen-bond acceptors (Lipinski definition) is 6. The third kappa shape index (κ3) is 8.84. The van der Waals surface area contributed by atoms with E-state index >= 15 is 0 Å². The number of alkyl halides is 3. The number of rotatable bonds is 8. The van der Waals surface area contributed by atoms with Crippen molar-refractivity contribution in [2.45, 2.75) is 12.6 Å². The fourth-order valence-electron chi connectivity index (χ4n) is 3.66. The van der Waals surface area contributed by atoms with Crippen LogP contribution in [0.4, 0.5) is 29.3 Å². The quantitative estimate of drug-likeness (QED) is 0.175. The first-order valence-electron chi connectivity index (χ1n) is 12.4. The molecule has 0 aliphatic heterocycles. The van der Waals surface area contributed by atoms with E-state index in [1.807, 2.05) is 0 Å². The summed E-state index contributed by atoms with van der Waals surface area (Å²) in [5.74, 6) is 0.104. The Morgan fingerprint density at radius 1 is 0.837 bits per heavy atom. The number of urea groups is 1. The van der Waals surface area contributed by atoms with Crippen LogP contribution < -0.4 is 31.0 Å². The van der Waals surface area contributed by atoms with Crippen LogP contribution in [0.1, 0.15) is 21.6 Å². The maximum absolute atomic E-state index is 13.1. The van der Waals surface area contributed by atoms with Gasteiger partial charge in [-0.05, 0) is 66.2 Å². The Bertz CT molecular complexity index is 1630. The molecule has 222 valence electrons. The van der Waals surface area contributed by atoms with Gasteiger partial charge in [0.1, 0.15) is 22.9 Å². The Morgan fingerprint density at radius 3 is 2.28 bits per heavy atom. The van der Waals surface area contributed by atoms with Crippen LogP contribution in [0.15, 0.2) is 85.1 Å². The number of anilines is 2. The monoisotopic (exact) mass is 613 g/mol.